The van der Waals surface area contributed by atoms with Gasteiger partial charge >= 0.3 is 5.97 Å². The molecule has 0 spiro atoms. The van der Waals surface area contributed by atoms with Crippen LogP contribution in [0.15, 0.2) is 24.3 Å². The molecule has 0 aliphatic carbocycles. The average Bonchev–Trinajstić information content (AvgIpc) is 2.39. The van der Waals surface area contributed by atoms with E-state index in [4.69, 9.17) is 10.8 Å². The molecule has 0 aliphatic heterocycles. The van der Waals surface area contributed by atoms with Crippen LogP contribution in [0.25, 0.3) is 0 Å². The number of aromatic hydroxyl groups is 1. The number of phenolic OH excluding ortho intramolecular Hbond substituents is 1. The largest absolute Gasteiger partial charge is 0.508 e. The lowest BCUT2D eigenvalue weighted by molar-refractivity contribution is -0.144. The van der Waals surface area contributed by atoms with Crippen LogP contribution >= 0.6 is 0 Å². The summed E-state index contributed by atoms with van der Waals surface area (Å²) in [5, 5.41) is 11.6. The highest BCUT2D eigenvalue weighted by molar-refractivity contribution is 5.85. The quantitative estimate of drug-likeness (QED) is 0.616. The second-order valence-electron chi connectivity index (χ2n) is 3.72. The molecule has 1 aromatic carbocycles. The molecule has 6 heteroatoms. The Labute approximate surface area is 105 Å². The van der Waals surface area contributed by atoms with Crippen molar-refractivity contribution in [1.29, 1.82) is 0 Å². The van der Waals surface area contributed by atoms with Crippen molar-refractivity contribution in [1.82, 2.24) is 5.32 Å². The Morgan fingerprint density at radius 2 is 2.00 bits per heavy atom. The van der Waals surface area contributed by atoms with Crippen LogP contribution in [0.5, 0.6) is 5.75 Å². The van der Waals surface area contributed by atoms with E-state index < -0.39 is 17.9 Å². The fourth-order valence-corrected chi connectivity index (χ4v) is 1.46. The molecule has 18 heavy (non-hydrogen) atoms. The predicted octanol–water partition coefficient (Wildman–Crippen LogP) is -0.449. The maximum Gasteiger partial charge on any atom is 0.328 e. The number of amides is 1. The number of rotatable bonds is 5. The second kappa shape index (κ2) is 6.61. The maximum absolute atomic E-state index is 11.5. The summed E-state index contributed by atoms with van der Waals surface area (Å²) in [5.41, 5.74) is 5.97. The summed E-state index contributed by atoms with van der Waals surface area (Å²) in [7, 11) is 1.25. The van der Waals surface area contributed by atoms with Crippen molar-refractivity contribution in [2.45, 2.75) is 12.5 Å². The minimum Gasteiger partial charge on any atom is -0.508 e. The van der Waals surface area contributed by atoms with Gasteiger partial charge in [-0.1, -0.05) is 12.1 Å². The van der Waals surface area contributed by atoms with Gasteiger partial charge in [0, 0.05) is 6.42 Å². The van der Waals surface area contributed by atoms with Crippen LogP contribution in [0.4, 0.5) is 0 Å². The fraction of sp³-hybridized carbons (Fsp3) is 0.333. The van der Waals surface area contributed by atoms with E-state index in [0.29, 0.717) is 0 Å². The molecule has 0 radical (unpaired) electrons. The second-order valence-corrected chi connectivity index (χ2v) is 3.72. The number of hydrogen-bond donors (Lipinski definition) is 3. The summed E-state index contributed by atoms with van der Waals surface area (Å²) in [6.07, 6.45) is 0.276. The lowest BCUT2D eigenvalue weighted by atomic mass is 10.1. The van der Waals surface area contributed by atoms with Crippen molar-refractivity contribution < 1.29 is 19.4 Å². The van der Waals surface area contributed by atoms with E-state index in [2.05, 4.69) is 10.1 Å². The van der Waals surface area contributed by atoms with E-state index in [1.54, 1.807) is 12.1 Å². The average molecular weight is 252 g/mol. The molecule has 1 atom stereocenters. The van der Waals surface area contributed by atoms with E-state index in [9.17, 15) is 9.59 Å². The molecule has 0 aliphatic rings. The van der Waals surface area contributed by atoms with Gasteiger partial charge in [0.1, 0.15) is 11.8 Å². The smallest absolute Gasteiger partial charge is 0.328 e. The van der Waals surface area contributed by atoms with Crippen molar-refractivity contribution in [3.63, 3.8) is 0 Å². The number of phenols is 1. The molecular weight excluding hydrogens is 236 g/mol. The number of nitrogens with one attached hydrogen (secondary N) is 1. The van der Waals surface area contributed by atoms with Gasteiger partial charge in [0.15, 0.2) is 0 Å². The van der Waals surface area contributed by atoms with Gasteiger partial charge in [0.05, 0.1) is 13.7 Å². The Bertz CT molecular complexity index is 417. The Kier molecular flexibility index (Phi) is 5.13. The van der Waals surface area contributed by atoms with E-state index >= 15 is 0 Å². The zero-order valence-electron chi connectivity index (χ0n) is 10.1. The third-order valence-corrected chi connectivity index (χ3v) is 2.38. The molecule has 1 amide bonds. The molecule has 0 aromatic heterocycles. The lowest BCUT2D eigenvalue weighted by Crippen LogP contribution is -2.45. The summed E-state index contributed by atoms with van der Waals surface area (Å²) in [5.74, 6) is -0.826. The van der Waals surface area contributed by atoms with Crippen LogP contribution < -0.4 is 11.1 Å². The summed E-state index contributed by atoms with van der Waals surface area (Å²) in [4.78, 5) is 22.7. The molecule has 1 rings (SSSR count). The zero-order valence-corrected chi connectivity index (χ0v) is 10.1. The molecule has 0 bridgehead atoms. The zero-order chi connectivity index (χ0) is 13.5. The number of hydrogen-bond acceptors (Lipinski definition) is 5. The highest BCUT2D eigenvalue weighted by Gasteiger charge is 2.21. The lowest BCUT2D eigenvalue weighted by Gasteiger charge is -2.16. The number of carbonyl (C=O) groups is 2. The standard InChI is InChI=1S/C12H16N2O4/c1-18-12(17)10(14-11(16)7-13)6-8-2-4-9(15)5-3-8/h2-5,10,15H,6-7,13H2,1H3,(H,14,16)/t10-/m1/s1. The van der Waals surface area contributed by atoms with Crippen LogP contribution in [0, 0.1) is 0 Å². The van der Waals surface area contributed by atoms with E-state index in [1.807, 2.05) is 0 Å². The van der Waals surface area contributed by atoms with Crippen molar-refractivity contribution >= 4 is 11.9 Å². The third-order valence-electron chi connectivity index (χ3n) is 2.38. The van der Waals surface area contributed by atoms with Gasteiger partial charge in [-0.3, -0.25) is 4.79 Å². The Hall–Kier alpha value is -2.08. The van der Waals surface area contributed by atoms with Gasteiger partial charge in [0.2, 0.25) is 5.91 Å². The van der Waals surface area contributed by atoms with Gasteiger partial charge in [-0.15, -0.1) is 0 Å². The van der Waals surface area contributed by atoms with E-state index in [1.165, 1.54) is 19.2 Å². The SMILES string of the molecule is COC(=O)[C@@H](Cc1ccc(O)cc1)NC(=O)CN. The van der Waals surface area contributed by atoms with Gasteiger partial charge in [-0.2, -0.15) is 0 Å². The Morgan fingerprint density at radius 1 is 1.39 bits per heavy atom. The first-order valence-corrected chi connectivity index (χ1v) is 5.42. The van der Waals surface area contributed by atoms with Gasteiger partial charge in [0.25, 0.3) is 0 Å². The summed E-state index contributed by atoms with van der Waals surface area (Å²) >= 11 is 0. The third kappa shape index (κ3) is 4.06. The number of methoxy groups -OCH3 is 1. The highest BCUT2D eigenvalue weighted by atomic mass is 16.5. The summed E-state index contributed by atoms with van der Waals surface area (Å²) in [6.45, 7) is -0.191. The molecule has 0 heterocycles. The van der Waals surface area contributed by atoms with Crippen molar-refractivity contribution in [2.24, 2.45) is 5.73 Å². The molecule has 0 saturated carbocycles. The number of benzene rings is 1. The molecule has 0 unspecified atom stereocenters. The molecule has 0 saturated heterocycles. The topological polar surface area (TPSA) is 102 Å². The van der Waals surface area contributed by atoms with Gasteiger partial charge in [-0.05, 0) is 17.7 Å². The van der Waals surface area contributed by atoms with Crippen LogP contribution in [0.2, 0.25) is 0 Å². The molecule has 0 fully saturated rings. The normalized spacial score (nSPS) is 11.7. The predicted molar refractivity (Wildman–Crippen MR) is 64.8 cm³/mol. The number of esters is 1. The molecule has 6 nitrogen and oxygen atoms in total. The van der Waals surface area contributed by atoms with Crippen LogP contribution in [0.3, 0.4) is 0 Å². The number of nitrogens with two attached hydrogens (primary N) is 1. The van der Waals surface area contributed by atoms with Crippen molar-refractivity contribution in [3.05, 3.63) is 29.8 Å². The summed E-state index contributed by atoms with van der Waals surface area (Å²) in [6, 6.07) is 5.57. The molecule has 1 aromatic rings. The Balaban J connectivity index is 2.74. The molecule has 4 N–H and O–H groups in total. The molecule has 98 valence electrons. The minimum absolute atomic E-state index is 0.138. The van der Waals surface area contributed by atoms with Gasteiger partial charge < -0.3 is 20.9 Å². The first kappa shape index (κ1) is 14.0. The Morgan fingerprint density at radius 3 is 2.50 bits per heavy atom. The maximum atomic E-state index is 11.5. The van der Waals surface area contributed by atoms with Crippen LogP contribution in [-0.2, 0) is 20.7 Å². The van der Waals surface area contributed by atoms with Gasteiger partial charge in [-0.25, -0.2) is 4.79 Å². The van der Waals surface area contributed by atoms with E-state index in [-0.39, 0.29) is 18.7 Å². The first-order valence-electron chi connectivity index (χ1n) is 5.42. The summed E-state index contributed by atoms with van der Waals surface area (Å²) < 4.78 is 4.61. The number of ether oxygens (including phenoxy) is 1. The first-order chi connectivity index (χ1) is 8.56. The van der Waals surface area contributed by atoms with Crippen LogP contribution in [-0.4, -0.2) is 36.7 Å². The van der Waals surface area contributed by atoms with Crippen LogP contribution in [0.1, 0.15) is 5.56 Å². The molecular formula is C12H16N2O4. The fourth-order valence-electron chi connectivity index (χ4n) is 1.46. The monoisotopic (exact) mass is 252 g/mol. The number of carbonyl (C=O) groups excluding carboxylic acids is 2. The minimum atomic E-state index is -0.782. The highest BCUT2D eigenvalue weighted by Crippen LogP contribution is 2.11. The van der Waals surface area contributed by atoms with Crippen molar-refractivity contribution in [3.8, 4) is 5.75 Å². The van der Waals surface area contributed by atoms with E-state index in [0.717, 1.165) is 5.56 Å². The van der Waals surface area contributed by atoms with Crippen molar-refractivity contribution in [2.75, 3.05) is 13.7 Å².